The summed E-state index contributed by atoms with van der Waals surface area (Å²) in [6, 6.07) is 2.99. The van der Waals surface area contributed by atoms with Gasteiger partial charge in [-0.3, -0.25) is 4.79 Å². The van der Waals surface area contributed by atoms with Gasteiger partial charge in [0.25, 0.3) is 0 Å². The fourth-order valence-electron chi connectivity index (χ4n) is 1.30. The molecule has 1 aliphatic rings. The molecule has 0 radical (unpaired) electrons. The molecule has 0 fully saturated rings. The molecule has 0 aromatic heterocycles. The van der Waals surface area contributed by atoms with Crippen molar-refractivity contribution in [2.75, 3.05) is 7.11 Å². The summed E-state index contributed by atoms with van der Waals surface area (Å²) in [6.07, 6.45) is 0.242. The summed E-state index contributed by atoms with van der Waals surface area (Å²) >= 11 is 0. The van der Waals surface area contributed by atoms with Gasteiger partial charge in [0.1, 0.15) is 5.75 Å². The first kappa shape index (κ1) is 7.91. The SMILES string of the molecule is COc1cc2c(cc1O)OC(=O)C2. The van der Waals surface area contributed by atoms with Gasteiger partial charge in [0, 0.05) is 11.6 Å². The Bertz CT molecular complexity index is 370. The summed E-state index contributed by atoms with van der Waals surface area (Å²) in [4.78, 5) is 10.9. The molecule has 1 aromatic carbocycles. The molecule has 68 valence electrons. The fourth-order valence-corrected chi connectivity index (χ4v) is 1.30. The van der Waals surface area contributed by atoms with Gasteiger partial charge in [0.05, 0.1) is 13.5 Å². The molecule has 0 amide bonds. The first-order valence-electron chi connectivity index (χ1n) is 3.81. The number of hydrogen-bond acceptors (Lipinski definition) is 4. The minimum absolute atomic E-state index is 0.0176. The van der Waals surface area contributed by atoms with Gasteiger partial charge in [-0.25, -0.2) is 0 Å². The van der Waals surface area contributed by atoms with Crippen molar-refractivity contribution in [3.05, 3.63) is 17.7 Å². The van der Waals surface area contributed by atoms with E-state index in [1.54, 1.807) is 6.07 Å². The number of carbonyl (C=O) groups excluding carboxylic acids is 1. The molecule has 0 atom stereocenters. The van der Waals surface area contributed by atoms with Gasteiger partial charge in [0.15, 0.2) is 11.5 Å². The average molecular weight is 180 g/mol. The van der Waals surface area contributed by atoms with Gasteiger partial charge in [-0.05, 0) is 6.07 Å². The van der Waals surface area contributed by atoms with Crippen LogP contribution in [0.15, 0.2) is 12.1 Å². The quantitative estimate of drug-likeness (QED) is 0.514. The van der Waals surface area contributed by atoms with Gasteiger partial charge in [-0.1, -0.05) is 0 Å². The second-order valence-electron chi connectivity index (χ2n) is 2.78. The third-order valence-electron chi connectivity index (χ3n) is 1.92. The highest BCUT2D eigenvalue weighted by Gasteiger charge is 2.22. The summed E-state index contributed by atoms with van der Waals surface area (Å²) in [5.74, 6) is 0.457. The number of rotatable bonds is 1. The average Bonchev–Trinajstić information content (AvgIpc) is 2.42. The summed E-state index contributed by atoms with van der Waals surface area (Å²) in [5, 5.41) is 9.34. The molecule has 4 nitrogen and oxygen atoms in total. The van der Waals surface area contributed by atoms with Crippen LogP contribution in [0.1, 0.15) is 5.56 Å². The zero-order chi connectivity index (χ0) is 9.42. The van der Waals surface area contributed by atoms with Crippen LogP contribution >= 0.6 is 0 Å². The maximum Gasteiger partial charge on any atom is 0.315 e. The molecule has 1 aromatic rings. The molecule has 0 saturated heterocycles. The van der Waals surface area contributed by atoms with Crippen molar-refractivity contribution in [2.45, 2.75) is 6.42 Å². The van der Waals surface area contributed by atoms with E-state index >= 15 is 0 Å². The number of fused-ring (bicyclic) bond motifs is 1. The molecule has 0 unspecified atom stereocenters. The summed E-state index contributed by atoms with van der Waals surface area (Å²) in [5.41, 5.74) is 0.750. The lowest BCUT2D eigenvalue weighted by Crippen LogP contribution is -2.00. The maximum atomic E-state index is 10.9. The predicted molar refractivity (Wildman–Crippen MR) is 44.0 cm³/mol. The highest BCUT2D eigenvalue weighted by molar-refractivity contribution is 5.81. The van der Waals surface area contributed by atoms with Crippen LogP contribution in [0.2, 0.25) is 0 Å². The van der Waals surface area contributed by atoms with Gasteiger partial charge in [-0.15, -0.1) is 0 Å². The Kier molecular flexibility index (Phi) is 1.62. The second-order valence-corrected chi connectivity index (χ2v) is 2.78. The molecule has 0 spiro atoms. The molecule has 0 aliphatic carbocycles. The number of carbonyl (C=O) groups is 1. The van der Waals surface area contributed by atoms with Gasteiger partial charge in [0.2, 0.25) is 0 Å². The second kappa shape index (κ2) is 2.65. The van der Waals surface area contributed by atoms with Crippen molar-refractivity contribution in [2.24, 2.45) is 0 Å². The lowest BCUT2D eigenvalue weighted by atomic mass is 10.1. The third kappa shape index (κ3) is 1.20. The van der Waals surface area contributed by atoms with Crippen molar-refractivity contribution < 1.29 is 19.4 Å². The molecular formula is C9H8O4. The van der Waals surface area contributed by atoms with E-state index in [1.807, 2.05) is 0 Å². The van der Waals surface area contributed by atoms with E-state index in [2.05, 4.69) is 0 Å². The molecule has 4 heteroatoms. The molecule has 0 saturated carbocycles. The van der Waals surface area contributed by atoms with E-state index in [9.17, 15) is 9.90 Å². The lowest BCUT2D eigenvalue weighted by molar-refractivity contribution is -0.131. The van der Waals surface area contributed by atoms with E-state index in [0.29, 0.717) is 11.5 Å². The zero-order valence-electron chi connectivity index (χ0n) is 7.03. The molecule has 1 heterocycles. The summed E-state index contributed by atoms with van der Waals surface area (Å²) in [6.45, 7) is 0. The van der Waals surface area contributed by atoms with Crippen LogP contribution in [0.3, 0.4) is 0 Å². The molecule has 0 bridgehead atoms. The van der Waals surface area contributed by atoms with E-state index in [4.69, 9.17) is 9.47 Å². The number of phenolic OH excluding ortho intramolecular Hbond substituents is 1. The molecule has 2 rings (SSSR count). The van der Waals surface area contributed by atoms with Crippen LogP contribution in [0, 0.1) is 0 Å². The van der Waals surface area contributed by atoms with Crippen molar-refractivity contribution in [3.8, 4) is 17.2 Å². The number of methoxy groups -OCH3 is 1. The van der Waals surface area contributed by atoms with Crippen molar-refractivity contribution in [3.63, 3.8) is 0 Å². The molecule has 1 N–H and O–H groups in total. The zero-order valence-corrected chi connectivity index (χ0v) is 7.03. The van der Waals surface area contributed by atoms with Gasteiger partial charge in [-0.2, -0.15) is 0 Å². The van der Waals surface area contributed by atoms with Crippen LogP contribution in [0.25, 0.3) is 0 Å². The lowest BCUT2D eigenvalue weighted by Gasteiger charge is -2.04. The van der Waals surface area contributed by atoms with Gasteiger partial charge >= 0.3 is 5.97 Å². The molecular weight excluding hydrogens is 172 g/mol. The van der Waals surface area contributed by atoms with Crippen LogP contribution in [0.5, 0.6) is 17.2 Å². The Hall–Kier alpha value is -1.71. The van der Waals surface area contributed by atoms with Crippen LogP contribution in [0.4, 0.5) is 0 Å². The Morgan fingerprint density at radius 2 is 2.31 bits per heavy atom. The topological polar surface area (TPSA) is 55.8 Å². The van der Waals surface area contributed by atoms with Crippen molar-refractivity contribution >= 4 is 5.97 Å². The number of phenols is 1. The van der Waals surface area contributed by atoms with E-state index in [-0.39, 0.29) is 18.1 Å². The highest BCUT2D eigenvalue weighted by atomic mass is 16.5. The minimum Gasteiger partial charge on any atom is -0.504 e. The largest absolute Gasteiger partial charge is 0.504 e. The number of hydrogen-bond donors (Lipinski definition) is 1. The highest BCUT2D eigenvalue weighted by Crippen LogP contribution is 2.36. The van der Waals surface area contributed by atoms with E-state index in [0.717, 1.165) is 5.56 Å². The fraction of sp³-hybridized carbons (Fsp3) is 0.222. The van der Waals surface area contributed by atoms with Crippen LogP contribution in [-0.2, 0) is 11.2 Å². The van der Waals surface area contributed by atoms with E-state index < -0.39 is 0 Å². The van der Waals surface area contributed by atoms with Crippen LogP contribution in [-0.4, -0.2) is 18.2 Å². The Morgan fingerprint density at radius 1 is 1.54 bits per heavy atom. The normalized spacial score (nSPS) is 13.8. The molecule has 13 heavy (non-hydrogen) atoms. The predicted octanol–water partition coefficient (Wildman–Crippen LogP) is 0.862. The van der Waals surface area contributed by atoms with Crippen molar-refractivity contribution in [1.82, 2.24) is 0 Å². The standard InChI is InChI=1S/C9H8O4/c1-12-8-2-5-3-9(11)13-7(5)4-6(8)10/h2,4,10H,3H2,1H3. The smallest absolute Gasteiger partial charge is 0.315 e. The molecule has 1 aliphatic heterocycles. The van der Waals surface area contributed by atoms with Crippen molar-refractivity contribution in [1.29, 1.82) is 0 Å². The first-order chi connectivity index (χ1) is 6.20. The number of ether oxygens (including phenoxy) is 2. The Balaban J connectivity index is 2.50. The van der Waals surface area contributed by atoms with E-state index in [1.165, 1.54) is 13.2 Å². The summed E-state index contributed by atoms with van der Waals surface area (Å²) in [7, 11) is 1.46. The third-order valence-corrected chi connectivity index (χ3v) is 1.92. The first-order valence-corrected chi connectivity index (χ1v) is 3.81. The Morgan fingerprint density at radius 3 is 3.00 bits per heavy atom. The minimum atomic E-state index is -0.303. The maximum absolute atomic E-state index is 10.9. The number of benzene rings is 1. The number of aromatic hydroxyl groups is 1. The monoisotopic (exact) mass is 180 g/mol. The Labute approximate surface area is 74.7 Å². The van der Waals surface area contributed by atoms with Gasteiger partial charge < -0.3 is 14.6 Å². The summed E-state index contributed by atoms with van der Waals surface area (Å²) < 4.78 is 9.72. The van der Waals surface area contributed by atoms with Crippen LogP contribution < -0.4 is 9.47 Å². The number of esters is 1.